The van der Waals surface area contributed by atoms with Gasteiger partial charge in [0.25, 0.3) is 0 Å². The van der Waals surface area contributed by atoms with Crippen LogP contribution in [0.2, 0.25) is 5.02 Å². The van der Waals surface area contributed by atoms with Gasteiger partial charge in [-0.05, 0) is 60.5 Å². The number of aliphatic hydroxyl groups excluding tert-OH is 1. The molecule has 1 heterocycles. The van der Waals surface area contributed by atoms with Gasteiger partial charge in [-0.3, -0.25) is 10.1 Å². The highest BCUT2D eigenvalue weighted by Gasteiger charge is 2.16. The van der Waals surface area contributed by atoms with E-state index in [9.17, 15) is 18.4 Å². The second-order valence-electron chi connectivity index (χ2n) is 8.08. The third-order valence-electron chi connectivity index (χ3n) is 5.29. The SMILES string of the molecule is O=C(CNCc1cccc(F)c1Cl)N[C@@H](CCCCO)COC(=O)Nc1cc2cc(F)ccc2cn1. The summed E-state index contributed by atoms with van der Waals surface area (Å²) in [5, 5.41) is 18.5. The van der Waals surface area contributed by atoms with Crippen molar-refractivity contribution in [1.29, 1.82) is 0 Å². The number of pyridine rings is 1. The zero-order valence-corrected chi connectivity index (χ0v) is 20.2. The topological polar surface area (TPSA) is 113 Å². The fraction of sp³-hybridized carbons (Fsp3) is 0.320. The molecule has 0 saturated carbocycles. The number of anilines is 1. The van der Waals surface area contributed by atoms with Crippen molar-refractivity contribution in [2.24, 2.45) is 0 Å². The molecule has 0 bridgehead atoms. The molecule has 1 aromatic heterocycles. The Bertz CT molecular complexity index is 1200. The van der Waals surface area contributed by atoms with Gasteiger partial charge in [-0.15, -0.1) is 0 Å². The van der Waals surface area contributed by atoms with Gasteiger partial charge < -0.3 is 20.5 Å². The first kappa shape index (κ1) is 27.3. The minimum absolute atomic E-state index is 0.00209. The number of nitrogens with one attached hydrogen (secondary N) is 3. The molecule has 11 heteroatoms. The molecule has 0 fully saturated rings. The quantitative estimate of drug-likeness (QED) is 0.267. The first-order chi connectivity index (χ1) is 17.4. The molecule has 0 radical (unpaired) electrons. The number of halogens is 3. The van der Waals surface area contributed by atoms with Crippen molar-refractivity contribution >= 4 is 40.2 Å². The van der Waals surface area contributed by atoms with Crippen molar-refractivity contribution in [2.75, 3.05) is 25.1 Å². The molecular formula is C25H27ClF2N4O4. The van der Waals surface area contributed by atoms with E-state index in [2.05, 4.69) is 20.9 Å². The average molecular weight is 521 g/mol. The summed E-state index contributed by atoms with van der Waals surface area (Å²) in [6.07, 6.45) is 2.34. The van der Waals surface area contributed by atoms with Crippen molar-refractivity contribution < 1.29 is 28.2 Å². The number of ether oxygens (including phenoxy) is 1. The van der Waals surface area contributed by atoms with Crippen LogP contribution in [0.25, 0.3) is 10.8 Å². The smallest absolute Gasteiger partial charge is 0.412 e. The Morgan fingerprint density at radius 1 is 1.11 bits per heavy atom. The summed E-state index contributed by atoms with van der Waals surface area (Å²) in [5.41, 5.74) is 0.522. The van der Waals surface area contributed by atoms with Crippen LogP contribution in [0.3, 0.4) is 0 Å². The van der Waals surface area contributed by atoms with Crippen LogP contribution >= 0.6 is 11.6 Å². The lowest BCUT2D eigenvalue weighted by atomic mass is 10.1. The molecule has 0 aliphatic carbocycles. The predicted molar refractivity (Wildman–Crippen MR) is 133 cm³/mol. The van der Waals surface area contributed by atoms with Crippen LogP contribution in [0.1, 0.15) is 24.8 Å². The predicted octanol–water partition coefficient (Wildman–Crippen LogP) is 4.15. The highest BCUT2D eigenvalue weighted by atomic mass is 35.5. The van der Waals surface area contributed by atoms with Crippen LogP contribution in [0.15, 0.2) is 48.7 Å². The molecule has 192 valence electrons. The first-order valence-electron chi connectivity index (χ1n) is 11.4. The number of carbonyl (C=O) groups is 2. The lowest BCUT2D eigenvalue weighted by Crippen LogP contribution is -2.43. The Hall–Kier alpha value is -3.34. The lowest BCUT2D eigenvalue weighted by Gasteiger charge is -2.19. The highest BCUT2D eigenvalue weighted by molar-refractivity contribution is 6.31. The number of rotatable bonds is 12. The number of nitrogens with zero attached hydrogens (tertiary/aromatic N) is 1. The van der Waals surface area contributed by atoms with E-state index in [1.54, 1.807) is 12.1 Å². The number of hydrogen-bond donors (Lipinski definition) is 4. The van der Waals surface area contributed by atoms with E-state index in [4.69, 9.17) is 21.4 Å². The van der Waals surface area contributed by atoms with Gasteiger partial charge in [0.15, 0.2) is 0 Å². The standard InChI is InChI=1S/C25H27ClF2N4O4/c26-24-17(4-3-6-21(24)28)12-29-14-23(34)31-20(5-1-2-9-33)15-36-25(35)32-22-11-18-10-19(27)8-7-16(18)13-30-22/h3-4,6-8,10-11,13,20,29,33H,1-2,5,9,12,14-15H2,(H,31,34)(H,30,32,35)/t20-/m0/s1. The number of unbranched alkanes of at least 4 members (excludes halogenated alkanes) is 1. The molecule has 0 saturated heterocycles. The van der Waals surface area contributed by atoms with Gasteiger partial charge in [-0.25, -0.2) is 18.6 Å². The minimum Gasteiger partial charge on any atom is -0.447 e. The van der Waals surface area contributed by atoms with Crippen molar-refractivity contribution in [3.63, 3.8) is 0 Å². The Balaban J connectivity index is 1.49. The fourth-order valence-corrected chi connectivity index (χ4v) is 3.66. The van der Waals surface area contributed by atoms with Crippen LogP contribution in [-0.4, -0.2) is 47.9 Å². The van der Waals surface area contributed by atoms with Crippen molar-refractivity contribution in [3.05, 3.63) is 70.9 Å². The van der Waals surface area contributed by atoms with E-state index in [-0.39, 0.29) is 43.1 Å². The third kappa shape index (κ3) is 8.40. The van der Waals surface area contributed by atoms with E-state index in [1.165, 1.54) is 36.5 Å². The number of benzene rings is 2. The second-order valence-corrected chi connectivity index (χ2v) is 8.46. The van der Waals surface area contributed by atoms with Crippen LogP contribution in [0.5, 0.6) is 0 Å². The normalized spacial score (nSPS) is 11.8. The van der Waals surface area contributed by atoms with E-state index < -0.39 is 23.8 Å². The number of aromatic nitrogens is 1. The summed E-state index contributed by atoms with van der Waals surface area (Å²) in [6.45, 7) is 0.0288. The van der Waals surface area contributed by atoms with Crippen LogP contribution in [0, 0.1) is 11.6 Å². The molecule has 3 rings (SSSR count). The summed E-state index contributed by atoms with van der Waals surface area (Å²) >= 11 is 5.92. The molecule has 0 aliphatic heterocycles. The molecule has 36 heavy (non-hydrogen) atoms. The molecular weight excluding hydrogens is 494 g/mol. The summed E-state index contributed by atoms with van der Waals surface area (Å²) in [4.78, 5) is 28.8. The molecule has 0 spiro atoms. The monoisotopic (exact) mass is 520 g/mol. The zero-order chi connectivity index (χ0) is 25.9. The van der Waals surface area contributed by atoms with E-state index in [0.717, 1.165) is 5.39 Å². The second kappa shape index (κ2) is 13.7. The van der Waals surface area contributed by atoms with Gasteiger partial charge in [0.2, 0.25) is 5.91 Å². The van der Waals surface area contributed by atoms with Gasteiger partial charge in [0, 0.05) is 24.7 Å². The summed E-state index contributed by atoms with van der Waals surface area (Å²) < 4.78 is 32.3. The average Bonchev–Trinajstić information content (AvgIpc) is 2.85. The van der Waals surface area contributed by atoms with E-state index in [0.29, 0.717) is 30.2 Å². The Morgan fingerprint density at radius 2 is 1.94 bits per heavy atom. The van der Waals surface area contributed by atoms with Crippen LogP contribution < -0.4 is 16.0 Å². The van der Waals surface area contributed by atoms with Gasteiger partial charge in [0.05, 0.1) is 17.6 Å². The van der Waals surface area contributed by atoms with Gasteiger partial charge in [-0.1, -0.05) is 23.7 Å². The number of amides is 2. The maximum atomic E-state index is 13.5. The van der Waals surface area contributed by atoms with E-state index >= 15 is 0 Å². The molecule has 8 nitrogen and oxygen atoms in total. The number of aliphatic hydroxyl groups is 1. The van der Waals surface area contributed by atoms with Gasteiger partial charge >= 0.3 is 6.09 Å². The molecule has 1 atom stereocenters. The van der Waals surface area contributed by atoms with Crippen molar-refractivity contribution in [2.45, 2.75) is 31.8 Å². The summed E-state index contributed by atoms with van der Waals surface area (Å²) in [5.74, 6) is -1.10. The Morgan fingerprint density at radius 3 is 2.75 bits per heavy atom. The number of carbonyl (C=O) groups excluding carboxylic acids is 2. The molecule has 2 amide bonds. The number of hydrogen-bond acceptors (Lipinski definition) is 6. The number of fused-ring (bicyclic) bond motifs is 1. The van der Waals surface area contributed by atoms with Crippen LogP contribution in [-0.2, 0) is 16.1 Å². The zero-order valence-electron chi connectivity index (χ0n) is 19.4. The molecule has 3 aromatic rings. The van der Waals surface area contributed by atoms with Gasteiger partial charge in [0.1, 0.15) is 24.1 Å². The Kier molecular flexibility index (Phi) is 10.3. The largest absolute Gasteiger partial charge is 0.447 e. The maximum Gasteiger partial charge on any atom is 0.412 e. The fourth-order valence-electron chi connectivity index (χ4n) is 3.47. The highest BCUT2D eigenvalue weighted by Crippen LogP contribution is 2.19. The first-order valence-corrected chi connectivity index (χ1v) is 11.8. The maximum absolute atomic E-state index is 13.5. The Labute approximate surface area is 212 Å². The van der Waals surface area contributed by atoms with Gasteiger partial charge in [-0.2, -0.15) is 0 Å². The molecule has 0 aliphatic rings. The van der Waals surface area contributed by atoms with Crippen LogP contribution in [0.4, 0.5) is 19.4 Å². The minimum atomic E-state index is -0.779. The van der Waals surface area contributed by atoms with Crippen molar-refractivity contribution in [1.82, 2.24) is 15.6 Å². The summed E-state index contributed by atoms with van der Waals surface area (Å²) in [6, 6.07) is 9.71. The summed E-state index contributed by atoms with van der Waals surface area (Å²) in [7, 11) is 0. The van der Waals surface area contributed by atoms with Crippen molar-refractivity contribution in [3.8, 4) is 0 Å². The molecule has 4 N–H and O–H groups in total. The lowest BCUT2D eigenvalue weighted by molar-refractivity contribution is -0.121. The molecule has 2 aromatic carbocycles. The molecule has 0 unspecified atom stereocenters. The van der Waals surface area contributed by atoms with E-state index in [1.807, 2.05) is 0 Å². The third-order valence-corrected chi connectivity index (χ3v) is 5.71.